The molecular weight excluding hydrogens is 112 g/mol. The molecule has 0 aromatic heterocycles. The molecule has 0 aromatic carbocycles. The van der Waals surface area contributed by atoms with Gasteiger partial charge in [-0.2, -0.15) is 13.2 Å². The summed E-state index contributed by atoms with van der Waals surface area (Å²) in [7, 11) is 0. The largest absolute Gasteiger partial charge is 0.395 e. The van der Waals surface area contributed by atoms with E-state index in [1.165, 1.54) is 0 Å². The van der Waals surface area contributed by atoms with Crippen molar-refractivity contribution in [3.63, 3.8) is 0 Å². The lowest BCUT2D eigenvalue weighted by Gasteiger charge is -1.98. The molecule has 0 unspecified atom stereocenters. The minimum atomic E-state index is -4.45. The van der Waals surface area contributed by atoms with Crippen molar-refractivity contribution in [3.8, 4) is 0 Å². The number of halogens is 4. The van der Waals surface area contributed by atoms with Crippen LogP contribution >= 0.6 is 0 Å². The van der Waals surface area contributed by atoms with Crippen LogP contribution in [0.4, 0.5) is 17.6 Å². The van der Waals surface area contributed by atoms with Gasteiger partial charge >= 0.3 is 6.18 Å². The molecule has 4 heteroatoms. The van der Waals surface area contributed by atoms with Gasteiger partial charge in [-0.1, -0.05) is 0 Å². The Labute approximate surface area is 38.1 Å². The molecule has 0 atom stereocenters. The first-order chi connectivity index (χ1) is 3.06. The zero-order valence-corrected chi connectivity index (χ0v) is 3.30. The minimum absolute atomic E-state index is 0.354. The molecule has 0 aliphatic heterocycles. The lowest BCUT2D eigenvalue weighted by atomic mass is 10.5. The molecule has 0 heterocycles. The van der Waals surface area contributed by atoms with Gasteiger partial charge < -0.3 is 0 Å². The van der Waals surface area contributed by atoms with Crippen molar-refractivity contribution in [3.05, 3.63) is 6.42 Å². The van der Waals surface area contributed by atoms with Crippen LogP contribution in [0.2, 0.25) is 0 Å². The first kappa shape index (κ1) is 6.72. The van der Waals surface area contributed by atoms with Crippen molar-refractivity contribution in [1.82, 2.24) is 0 Å². The van der Waals surface area contributed by atoms with Crippen LogP contribution in [-0.4, -0.2) is 12.9 Å². The third-order valence-electron chi connectivity index (χ3n) is 0.309. The molecule has 0 saturated carbocycles. The summed E-state index contributed by atoms with van der Waals surface area (Å²) < 4.78 is 43.0. The summed E-state index contributed by atoms with van der Waals surface area (Å²) >= 11 is 0. The molecule has 0 fully saturated rings. The van der Waals surface area contributed by atoms with E-state index in [2.05, 4.69) is 0 Å². The van der Waals surface area contributed by atoms with Gasteiger partial charge in [-0.25, -0.2) is 0 Å². The standard InChI is InChI=1S/C3H3F4/c4-2-1-3(5,6)7/h1H,2H2. The van der Waals surface area contributed by atoms with Crippen LogP contribution in [0, 0.1) is 6.42 Å². The van der Waals surface area contributed by atoms with Crippen LogP contribution in [0.3, 0.4) is 0 Å². The molecule has 0 aromatic rings. The van der Waals surface area contributed by atoms with Crippen molar-refractivity contribution in [2.45, 2.75) is 6.18 Å². The van der Waals surface area contributed by atoms with Crippen molar-refractivity contribution in [2.24, 2.45) is 0 Å². The van der Waals surface area contributed by atoms with Gasteiger partial charge in [0.2, 0.25) is 0 Å². The molecule has 0 aliphatic carbocycles. The summed E-state index contributed by atoms with van der Waals surface area (Å²) in [6.07, 6.45) is -4.80. The fraction of sp³-hybridized carbons (Fsp3) is 0.667. The molecule has 0 spiro atoms. The second-order valence-corrected chi connectivity index (χ2v) is 0.900. The molecular formula is C3H3F4. The van der Waals surface area contributed by atoms with Crippen molar-refractivity contribution >= 4 is 0 Å². The van der Waals surface area contributed by atoms with Crippen LogP contribution in [0.5, 0.6) is 0 Å². The van der Waals surface area contributed by atoms with E-state index >= 15 is 0 Å². The van der Waals surface area contributed by atoms with Crippen LogP contribution < -0.4 is 0 Å². The monoisotopic (exact) mass is 115 g/mol. The third kappa shape index (κ3) is 5.72. The molecule has 0 aliphatic rings. The SMILES string of the molecule is FC[CH]C(F)(F)F. The Morgan fingerprint density at radius 3 is 1.71 bits per heavy atom. The van der Waals surface area contributed by atoms with Crippen LogP contribution in [-0.2, 0) is 0 Å². The van der Waals surface area contributed by atoms with E-state index in [0.717, 1.165) is 0 Å². The number of hydrogen-bond donors (Lipinski definition) is 0. The predicted molar refractivity (Wildman–Crippen MR) is 16.3 cm³/mol. The van der Waals surface area contributed by atoms with Gasteiger partial charge in [0.1, 0.15) is 6.67 Å². The maximum atomic E-state index is 10.8. The van der Waals surface area contributed by atoms with Crippen molar-refractivity contribution in [2.75, 3.05) is 6.67 Å². The molecule has 0 bridgehead atoms. The smallest absolute Gasteiger partial charge is 0.250 e. The van der Waals surface area contributed by atoms with E-state index < -0.39 is 12.9 Å². The maximum Gasteiger partial charge on any atom is 0.395 e. The van der Waals surface area contributed by atoms with E-state index in [4.69, 9.17) is 0 Å². The first-order valence-corrected chi connectivity index (χ1v) is 1.53. The van der Waals surface area contributed by atoms with Crippen molar-refractivity contribution in [1.29, 1.82) is 0 Å². The summed E-state index contributed by atoms with van der Waals surface area (Å²) in [4.78, 5) is 0. The van der Waals surface area contributed by atoms with Gasteiger partial charge in [-0.05, 0) is 0 Å². The molecule has 7 heavy (non-hydrogen) atoms. The van der Waals surface area contributed by atoms with E-state index in [-0.39, 0.29) is 6.42 Å². The van der Waals surface area contributed by atoms with E-state index in [1.807, 2.05) is 0 Å². The van der Waals surface area contributed by atoms with Gasteiger partial charge in [0, 0.05) is 0 Å². The highest BCUT2D eigenvalue weighted by Gasteiger charge is 2.26. The van der Waals surface area contributed by atoms with Crippen LogP contribution in [0.1, 0.15) is 0 Å². The summed E-state index contributed by atoms with van der Waals surface area (Å²) in [5, 5.41) is 0. The Hall–Kier alpha value is -0.280. The van der Waals surface area contributed by atoms with Gasteiger partial charge in [-0.15, -0.1) is 0 Å². The number of hydrogen-bond acceptors (Lipinski definition) is 0. The molecule has 0 rings (SSSR count). The Morgan fingerprint density at radius 2 is 1.71 bits per heavy atom. The minimum Gasteiger partial charge on any atom is -0.250 e. The van der Waals surface area contributed by atoms with E-state index in [1.54, 1.807) is 0 Å². The Balaban J connectivity index is 3.15. The van der Waals surface area contributed by atoms with Gasteiger partial charge in [0.25, 0.3) is 0 Å². The molecule has 0 amide bonds. The summed E-state index contributed by atoms with van der Waals surface area (Å²) in [6.45, 7) is -1.44. The summed E-state index contributed by atoms with van der Waals surface area (Å²) in [5.74, 6) is 0. The van der Waals surface area contributed by atoms with Gasteiger partial charge in [-0.3, -0.25) is 4.39 Å². The second kappa shape index (κ2) is 2.14. The zero-order chi connectivity index (χ0) is 5.91. The summed E-state index contributed by atoms with van der Waals surface area (Å²) in [6, 6.07) is 0. The zero-order valence-electron chi connectivity index (χ0n) is 3.30. The third-order valence-corrected chi connectivity index (χ3v) is 0.309. The number of rotatable bonds is 1. The van der Waals surface area contributed by atoms with Crippen LogP contribution in [0.15, 0.2) is 0 Å². The van der Waals surface area contributed by atoms with E-state index in [0.29, 0.717) is 0 Å². The maximum absolute atomic E-state index is 10.8. The predicted octanol–water partition coefficient (Wildman–Crippen LogP) is 1.72. The highest BCUT2D eigenvalue weighted by molar-refractivity contribution is 4.71. The van der Waals surface area contributed by atoms with Crippen molar-refractivity contribution < 1.29 is 17.6 Å². The Bertz CT molecular complexity index is 45.4. The summed E-state index contributed by atoms with van der Waals surface area (Å²) in [5.41, 5.74) is 0. The van der Waals surface area contributed by atoms with E-state index in [9.17, 15) is 17.6 Å². The lowest BCUT2D eigenvalue weighted by Crippen LogP contribution is -2.08. The fourth-order valence-corrected chi connectivity index (χ4v) is 0.0875. The first-order valence-electron chi connectivity index (χ1n) is 1.53. The molecule has 0 saturated heterocycles. The molecule has 0 N–H and O–H groups in total. The Morgan fingerprint density at radius 1 is 1.29 bits per heavy atom. The van der Waals surface area contributed by atoms with Crippen LogP contribution in [0.25, 0.3) is 0 Å². The number of alkyl halides is 4. The normalized spacial score (nSPS) is 12.0. The Kier molecular flexibility index (Phi) is 2.05. The average molecular weight is 115 g/mol. The topological polar surface area (TPSA) is 0 Å². The highest BCUT2D eigenvalue weighted by atomic mass is 19.4. The molecule has 0 nitrogen and oxygen atoms in total. The van der Waals surface area contributed by atoms with Gasteiger partial charge in [0.15, 0.2) is 0 Å². The molecule has 43 valence electrons. The average Bonchev–Trinajstić information content (AvgIpc) is 1.30. The highest BCUT2D eigenvalue weighted by Crippen LogP contribution is 2.17. The fourth-order valence-electron chi connectivity index (χ4n) is 0.0875. The second-order valence-electron chi connectivity index (χ2n) is 0.900. The molecule has 1 radical (unpaired) electrons. The quantitative estimate of drug-likeness (QED) is 0.456. The van der Waals surface area contributed by atoms with Gasteiger partial charge in [0.05, 0.1) is 6.42 Å². The lowest BCUT2D eigenvalue weighted by molar-refractivity contribution is -0.0992.